The molecular formula is C27H24FN3O2S. The molecule has 0 radical (unpaired) electrons. The molecule has 7 heteroatoms. The van der Waals surface area contributed by atoms with E-state index in [1.165, 1.54) is 17.0 Å². The Morgan fingerprint density at radius 1 is 1.15 bits per heavy atom. The fourth-order valence-electron chi connectivity index (χ4n) is 4.81. The van der Waals surface area contributed by atoms with Crippen molar-refractivity contribution in [2.45, 2.75) is 38.5 Å². The number of allylic oxidation sites excluding steroid dienone is 3. The van der Waals surface area contributed by atoms with Gasteiger partial charge in [-0.25, -0.2) is 9.37 Å². The second-order valence-electron chi connectivity index (χ2n) is 8.76. The number of rotatable bonds is 4. The van der Waals surface area contributed by atoms with Gasteiger partial charge < -0.3 is 10.6 Å². The number of hydrogen-bond acceptors (Lipinski definition) is 5. The minimum absolute atomic E-state index is 0.0207. The third-order valence-electron chi connectivity index (χ3n) is 6.35. The van der Waals surface area contributed by atoms with E-state index in [1.54, 1.807) is 35.7 Å². The molecule has 3 heterocycles. The number of Topliss-reactive ketones (excluding diaryl/α,β-unsaturated/α-hetero) is 1. The minimum Gasteiger partial charge on any atom is -0.362 e. The van der Waals surface area contributed by atoms with E-state index in [4.69, 9.17) is 0 Å². The van der Waals surface area contributed by atoms with Crippen LogP contribution in [0.2, 0.25) is 0 Å². The summed E-state index contributed by atoms with van der Waals surface area (Å²) in [6.07, 6.45) is 2.70. The lowest BCUT2D eigenvalue weighted by Gasteiger charge is -2.36. The monoisotopic (exact) mass is 473 g/mol. The lowest BCUT2D eigenvalue weighted by Crippen LogP contribution is -2.37. The van der Waals surface area contributed by atoms with Crippen LogP contribution < -0.4 is 10.6 Å². The molecule has 0 fully saturated rings. The van der Waals surface area contributed by atoms with Crippen molar-refractivity contribution >= 4 is 28.8 Å². The molecule has 0 saturated carbocycles. The fraction of sp³-hybridized carbons (Fsp3) is 0.222. The number of nitrogens with zero attached hydrogens (tertiary/aromatic N) is 1. The number of hydrogen-bond donors (Lipinski definition) is 2. The van der Waals surface area contributed by atoms with E-state index in [1.807, 2.05) is 31.4 Å². The Kier molecular flexibility index (Phi) is 5.87. The van der Waals surface area contributed by atoms with Crippen LogP contribution in [0.15, 0.2) is 82.6 Å². The first-order chi connectivity index (χ1) is 16.4. The number of benzene rings is 1. The van der Waals surface area contributed by atoms with Gasteiger partial charge in [0.1, 0.15) is 11.6 Å². The van der Waals surface area contributed by atoms with Crippen LogP contribution in [0.5, 0.6) is 0 Å². The molecule has 0 saturated heterocycles. The summed E-state index contributed by atoms with van der Waals surface area (Å²) in [6.45, 7) is 3.75. The van der Waals surface area contributed by atoms with E-state index in [0.717, 1.165) is 11.3 Å². The van der Waals surface area contributed by atoms with E-state index in [0.29, 0.717) is 41.1 Å². The number of nitrogens with one attached hydrogen (secondary N) is 2. The van der Waals surface area contributed by atoms with Crippen LogP contribution in [0.4, 0.5) is 10.2 Å². The van der Waals surface area contributed by atoms with Gasteiger partial charge in [-0.15, -0.1) is 11.3 Å². The molecule has 2 atom stereocenters. The van der Waals surface area contributed by atoms with Gasteiger partial charge in [-0.2, -0.15) is 0 Å². The highest BCUT2D eigenvalue weighted by Crippen LogP contribution is 2.46. The normalized spacial score (nSPS) is 20.1. The highest BCUT2D eigenvalue weighted by atomic mass is 32.1. The third kappa shape index (κ3) is 4.19. The highest BCUT2D eigenvalue weighted by Gasteiger charge is 2.41. The van der Waals surface area contributed by atoms with Crippen LogP contribution in [0.3, 0.4) is 0 Å². The summed E-state index contributed by atoms with van der Waals surface area (Å²) in [4.78, 5) is 32.4. The summed E-state index contributed by atoms with van der Waals surface area (Å²) in [5, 5.41) is 8.21. The molecule has 1 amide bonds. The van der Waals surface area contributed by atoms with Crippen molar-refractivity contribution in [2.24, 2.45) is 0 Å². The predicted octanol–water partition coefficient (Wildman–Crippen LogP) is 5.59. The molecular weight excluding hydrogens is 449 g/mol. The Balaban J connectivity index is 1.56. The Labute approximate surface area is 201 Å². The van der Waals surface area contributed by atoms with Gasteiger partial charge in [0.05, 0.1) is 0 Å². The lowest BCUT2D eigenvalue weighted by atomic mass is 9.72. The van der Waals surface area contributed by atoms with E-state index in [2.05, 4.69) is 21.7 Å². The van der Waals surface area contributed by atoms with Crippen LogP contribution in [0.1, 0.15) is 47.6 Å². The molecule has 3 aromatic rings. The van der Waals surface area contributed by atoms with Crippen LogP contribution in [-0.4, -0.2) is 16.7 Å². The molecule has 2 unspecified atom stereocenters. The van der Waals surface area contributed by atoms with E-state index in [9.17, 15) is 14.0 Å². The van der Waals surface area contributed by atoms with Gasteiger partial charge in [0.25, 0.3) is 5.91 Å². The SMILES string of the molecule is CC1=C(C(=O)Nc2ccc(C)cn2)C(c2cccc(F)c2)C2=C(CC(c3cccs3)CC2=O)N1. The number of dihydropyridines is 1. The van der Waals surface area contributed by atoms with Gasteiger partial charge in [0.2, 0.25) is 0 Å². The second kappa shape index (κ2) is 8.99. The smallest absolute Gasteiger partial charge is 0.255 e. The molecule has 5 nitrogen and oxygen atoms in total. The summed E-state index contributed by atoms with van der Waals surface area (Å²) in [5.74, 6) is -0.944. The third-order valence-corrected chi connectivity index (χ3v) is 7.39. The Hall–Kier alpha value is -3.58. The number of anilines is 1. The average molecular weight is 474 g/mol. The molecule has 5 rings (SSSR count). The van der Waals surface area contributed by atoms with Crippen LogP contribution in [0, 0.1) is 12.7 Å². The highest BCUT2D eigenvalue weighted by molar-refractivity contribution is 7.10. The number of pyridine rings is 1. The first-order valence-corrected chi connectivity index (χ1v) is 12.1. The Bertz CT molecular complexity index is 1330. The number of carbonyl (C=O) groups excluding carboxylic acids is 2. The zero-order valence-electron chi connectivity index (χ0n) is 18.9. The zero-order chi connectivity index (χ0) is 23.8. The van der Waals surface area contributed by atoms with Crippen molar-refractivity contribution in [3.8, 4) is 0 Å². The van der Waals surface area contributed by atoms with Crippen LogP contribution in [0.25, 0.3) is 0 Å². The zero-order valence-corrected chi connectivity index (χ0v) is 19.7. The summed E-state index contributed by atoms with van der Waals surface area (Å²) >= 11 is 1.64. The fourth-order valence-corrected chi connectivity index (χ4v) is 5.64. The van der Waals surface area contributed by atoms with Gasteiger partial charge in [-0.1, -0.05) is 24.3 Å². The second-order valence-corrected chi connectivity index (χ2v) is 9.74. The first-order valence-electron chi connectivity index (χ1n) is 11.2. The Morgan fingerprint density at radius 2 is 2.00 bits per heavy atom. The van der Waals surface area contributed by atoms with Crippen molar-refractivity contribution in [2.75, 3.05) is 5.32 Å². The molecule has 1 aliphatic heterocycles. The lowest BCUT2D eigenvalue weighted by molar-refractivity contribution is -0.116. The molecule has 2 aliphatic rings. The summed E-state index contributed by atoms with van der Waals surface area (Å²) < 4.78 is 14.3. The van der Waals surface area contributed by atoms with Gasteiger partial charge in [0.15, 0.2) is 5.78 Å². The van der Waals surface area contributed by atoms with Gasteiger partial charge in [0, 0.05) is 51.9 Å². The number of aryl methyl sites for hydroxylation is 1. The minimum atomic E-state index is -0.658. The molecule has 34 heavy (non-hydrogen) atoms. The van der Waals surface area contributed by atoms with E-state index < -0.39 is 11.7 Å². The summed E-state index contributed by atoms with van der Waals surface area (Å²) in [5.41, 5.74) is 3.97. The van der Waals surface area contributed by atoms with E-state index in [-0.39, 0.29) is 17.6 Å². The van der Waals surface area contributed by atoms with Gasteiger partial charge in [-0.05, 0) is 61.0 Å². The Morgan fingerprint density at radius 3 is 2.71 bits per heavy atom. The van der Waals surface area contributed by atoms with Crippen molar-refractivity contribution < 1.29 is 14.0 Å². The van der Waals surface area contributed by atoms with Crippen LogP contribution in [-0.2, 0) is 9.59 Å². The topological polar surface area (TPSA) is 71.1 Å². The van der Waals surface area contributed by atoms with Crippen molar-refractivity contribution in [3.63, 3.8) is 0 Å². The van der Waals surface area contributed by atoms with Crippen LogP contribution >= 0.6 is 11.3 Å². The van der Waals surface area contributed by atoms with Gasteiger partial charge >= 0.3 is 0 Å². The summed E-state index contributed by atoms with van der Waals surface area (Å²) in [7, 11) is 0. The largest absolute Gasteiger partial charge is 0.362 e. The number of halogens is 1. The number of carbonyl (C=O) groups is 2. The quantitative estimate of drug-likeness (QED) is 0.518. The van der Waals surface area contributed by atoms with Crippen molar-refractivity contribution in [1.82, 2.24) is 10.3 Å². The molecule has 1 aromatic carbocycles. The maximum absolute atomic E-state index is 14.3. The average Bonchev–Trinajstić information content (AvgIpc) is 3.34. The van der Waals surface area contributed by atoms with E-state index >= 15 is 0 Å². The maximum Gasteiger partial charge on any atom is 0.255 e. The van der Waals surface area contributed by atoms with Crippen molar-refractivity contribution in [3.05, 3.63) is 104 Å². The molecule has 0 bridgehead atoms. The summed E-state index contributed by atoms with van der Waals surface area (Å²) in [6, 6.07) is 13.8. The molecule has 2 aromatic heterocycles. The van der Waals surface area contributed by atoms with Crippen molar-refractivity contribution in [1.29, 1.82) is 0 Å². The molecule has 2 N–H and O–H groups in total. The number of thiophene rings is 1. The number of amides is 1. The molecule has 0 spiro atoms. The number of ketones is 1. The molecule has 1 aliphatic carbocycles. The maximum atomic E-state index is 14.3. The molecule has 172 valence electrons. The predicted molar refractivity (Wildman–Crippen MR) is 131 cm³/mol. The van der Waals surface area contributed by atoms with Gasteiger partial charge in [-0.3, -0.25) is 9.59 Å². The number of aromatic nitrogens is 1. The first kappa shape index (κ1) is 22.2. The standard InChI is InChI=1S/C27H24FN3O2S/c1-15-8-9-23(29-14-15)31-27(33)24-16(2)30-20-12-18(22-7-4-10-34-22)13-21(32)26(20)25(24)17-5-3-6-19(28)11-17/h3-11,14,18,25,30H,12-13H2,1-2H3,(H,29,31,33).